The average molecular weight is 325 g/mol. The molecular formula is C19H23N3O2. The molecule has 1 saturated carbocycles. The predicted molar refractivity (Wildman–Crippen MR) is 92.9 cm³/mol. The smallest absolute Gasteiger partial charge is 0.254 e. The Balaban J connectivity index is 1.84. The number of H-pyrrole nitrogens is 1. The molecule has 1 fully saturated rings. The van der Waals surface area contributed by atoms with Crippen LogP contribution in [0.15, 0.2) is 35.3 Å². The van der Waals surface area contributed by atoms with Crippen LogP contribution in [0.1, 0.15) is 47.1 Å². The minimum Gasteiger partial charge on any atom is -0.334 e. The van der Waals surface area contributed by atoms with Gasteiger partial charge in [0, 0.05) is 42.3 Å². The third kappa shape index (κ3) is 4.10. The summed E-state index contributed by atoms with van der Waals surface area (Å²) in [5, 5.41) is 0. The van der Waals surface area contributed by atoms with Crippen molar-refractivity contribution in [3.63, 3.8) is 0 Å². The molecule has 2 aromatic heterocycles. The number of carbonyl (C=O) groups is 1. The second-order valence-corrected chi connectivity index (χ2v) is 6.55. The lowest BCUT2D eigenvalue weighted by molar-refractivity contribution is 0.0734. The molecular weight excluding hydrogens is 302 g/mol. The number of aromatic amines is 1. The van der Waals surface area contributed by atoms with E-state index >= 15 is 0 Å². The summed E-state index contributed by atoms with van der Waals surface area (Å²) >= 11 is 0. The first kappa shape index (κ1) is 16.4. The molecule has 0 saturated heterocycles. The zero-order valence-electron chi connectivity index (χ0n) is 14.2. The maximum atomic E-state index is 13.0. The largest absolute Gasteiger partial charge is 0.334 e. The van der Waals surface area contributed by atoms with Gasteiger partial charge in [0.05, 0.1) is 0 Å². The molecule has 2 aromatic rings. The van der Waals surface area contributed by atoms with Crippen molar-refractivity contribution in [3.8, 4) is 0 Å². The fraction of sp³-hybridized carbons (Fsp3) is 0.421. The van der Waals surface area contributed by atoms with Crippen LogP contribution in [-0.2, 0) is 13.0 Å². The highest BCUT2D eigenvalue weighted by Gasteiger charge is 2.27. The van der Waals surface area contributed by atoms with Crippen LogP contribution in [0.5, 0.6) is 0 Å². The fourth-order valence-electron chi connectivity index (χ4n) is 2.74. The Morgan fingerprint density at radius 1 is 1.33 bits per heavy atom. The second-order valence-electron chi connectivity index (χ2n) is 6.55. The van der Waals surface area contributed by atoms with E-state index in [1.165, 1.54) is 18.9 Å². The molecule has 2 heterocycles. The van der Waals surface area contributed by atoms with Gasteiger partial charge in [0.2, 0.25) is 5.56 Å². The summed E-state index contributed by atoms with van der Waals surface area (Å²) in [7, 11) is 0. The number of nitrogens with zero attached hydrogens (tertiary/aromatic N) is 2. The van der Waals surface area contributed by atoms with Crippen LogP contribution < -0.4 is 5.56 Å². The lowest BCUT2D eigenvalue weighted by atomic mass is 10.1. The van der Waals surface area contributed by atoms with Gasteiger partial charge in [0.1, 0.15) is 0 Å². The number of aromatic nitrogens is 2. The molecule has 1 aliphatic rings. The van der Waals surface area contributed by atoms with E-state index in [1.54, 1.807) is 6.07 Å². The standard InChI is InChI=1S/C19H23N3O2/c1-3-17-8-16(9-18(23)21-17)19(24)22(11-14-6-7-14)12-15-5-4-13(2)20-10-15/h4-5,8-10,14H,3,6-7,11-12H2,1-2H3,(H,21,23). The molecule has 0 spiro atoms. The first-order chi connectivity index (χ1) is 11.5. The normalized spacial score (nSPS) is 13.8. The molecule has 0 bridgehead atoms. The minimum atomic E-state index is -0.221. The van der Waals surface area contributed by atoms with Gasteiger partial charge in [0.15, 0.2) is 0 Å². The zero-order chi connectivity index (χ0) is 17.1. The Morgan fingerprint density at radius 3 is 2.75 bits per heavy atom. The second kappa shape index (κ2) is 6.99. The third-order valence-corrected chi connectivity index (χ3v) is 4.34. The number of hydrogen-bond donors (Lipinski definition) is 1. The Hall–Kier alpha value is -2.43. The maximum absolute atomic E-state index is 13.0. The SMILES string of the molecule is CCc1cc(C(=O)N(Cc2ccc(C)nc2)CC2CC2)cc(=O)[nH]1. The fourth-order valence-corrected chi connectivity index (χ4v) is 2.74. The molecule has 0 atom stereocenters. The number of aryl methyl sites for hydroxylation is 2. The van der Waals surface area contributed by atoms with Gasteiger partial charge in [-0.2, -0.15) is 0 Å². The molecule has 0 unspecified atom stereocenters. The highest BCUT2D eigenvalue weighted by molar-refractivity contribution is 5.94. The third-order valence-electron chi connectivity index (χ3n) is 4.34. The van der Waals surface area contributed by atoms with Crippen LogP contribution >= 0.6 is 0 Å². The maximum Gasteiger partial charge on any atom is 0.254 e. The van der Waals surface area contributed by atoms with E-state index in [0.717, 1.165) is 23.5 Å². The van der Waals surface area contributed by atoms with E-state index in [1.807, 2.05) is 37.1 Å². The topological polar surface area (TPSA) is 66.1 Å². The lowest BCUT2D eigenvalue weighted by Gasteiger charge is -2.23. The van der Waals surface area contributed by atoms with Crippen molar-refractivity contribution >= 4 is 5.91 Å². The molecule has 126 valence electrons. The lowest BCUT2D eigenvalue weighted by Crippen LogP contribution is -2.33. The Morgan fingerprint density at radius 2 is 2.12 bits per heavy atom. The van der Waals surface area contributed by atoms with Gasteiger partial charge in [-0.05, 0) is 49.8 Å². The molecule has 1 aliphatic carbocycles. The number of amides is 1. The van der Waals surface area contributed by atoms with Gasteiger partial charge in [-0.25, -0.2) is 0 Å². The van der Waals surface area contributed by atoms with Gasteiger partial charge in [0.25, 0.3) is 5.91 Å². The number of rotatable bonds is 6. The van der Waals surface area contributed by atoms with Gasteiger partial charge in [-0.3, -0.25) is 14.6 Å². The van der Waals surface area contributed by atoms with Crippen LogP contribution in [0.2, 0.25) is 0 Å². The monoisotopic (exact) mass is 325 g/mol. The van der Waals surface area contributed by atoms with E-state index in [2.05, 4.69) is 9.97 Å². The van der Waals surface area contributed by atoms with Gasteiger partial charge in [-0.15, -0.1) is 0 Å². The predicted octanol–water partition coefficient (Wildman–Crippen LogP) is 2.69. The zero-order valence-corrected chi connectivity index (χ0v) is 14.2. The summed E-state index contributed by atoms with van der Waals surface area (Å²) < 4.78 is 0. The van der Waals surface area contributed by atoms with E-state index in [-0.39, 0.29) is 11.5 Å². The van der Waals surface area contributed by atoms with Crippen LogP contribution in [0.4, 0.5) is 0 Å². The van der Waals surface area contributed by atoms with Crippen molar-refractivity contribution in [2.75, 3.05) is 6.54 Å². The van der Waals surface area contributed by atoms with Crippen molar-refractivity contribution in [1.29, 1.82) is 0 Å². The van der Waals surface area contributed by atoms with E-state index < -0.39 is 0 Å². The first-order valence-corrected chi connectivity index (χ1v) is 8.49. The van der Waals surface area contributed by atoms with Crippen molar-refractivity contribution in [2.45, 2.75) is 39.7 Å². The minimum absolute atomic E-state index is 0.0803. The molecule has 0 radical (unpaired) electrons. The molecule has 24 heavy (non-hydrogen) atoms. The summed E-state index contributed by atoms with van der Waals surface area (Å²) in [4.78, 5) is 33.7. The summed E-state index contributed by atoms with van der Waals surface area (Å²) in [6, 6.07) is 7.15. The average Bonchev–Trinajstić information content (AvgIpc) is 3.39. The molecule has 1 N–H and O–H groups in total. The van der Waals surface area contributed by atoms with Crippen molar-refractivity contribution in [1.82, 2.24) is 14.9 Å². The highest BCUT2D eigenvalue weighted by Crippen LogP contribution is 2.30. The van der Waals surface area contributed by atoms with Crippen molar-refractivity contribution in [2.24, 2.45) is 5.92 Å². The Labute approximate surface area is 141 Å². The van der Waals surface area contributed by atoms with Crippen LogP contribution in [0, 0.1) is 12.8 Å². The van der Waals surface area contributed by atoms with Crippen LogP contribution in [-0.4, -0.2) is 27.3 Å². The van der Waals surface area contributed by atoms with Crippen molar-refractivity contribution in [3.05, 3.63) is 63.3 Å². The summed E-state index contributed by atoms with van der Waals surface area (Å²) in [6.07, 6.45) is 4.86. The van der Waals surface area contributed by atoms with E-state index in [4.69, 9.17) is 0 Å². The summed E-state index contributed by atoms with van der Waals surface area (Å²) in [6.45, 7) is 5.16. The van der Waals surface area contributed by atoms with Crippen molar-refractivity contribution < 1.29 is 4.79 Å². The van der Waals surface area contributed by atoms with E-state index in [0.29, 0.717) is 24.4 Å². The van der Waals surface area contributed by atoms with Crippen LogP contribution in [0.25, 0.3) is 0 Å². The summed E-state index contributed by atoms with van der Waals surface area (Å²) in [5.41, 5.74) is 3.00. The van der Waals surface area contributed by atoms with Gasteiger partial charge in [-0.1, -0.05) is 13.0 Å². The van der Waals surface area contributed by atoms with Gasteiger partial charge < -0.3 is 9.88 Å². The molecule has 3 rings (SSSR count). The van der Waals surface area contributed by atoms with E-state index in [9.17, 15) is 9.59 Å². The number of hydrogen-bond acceptors (Lipinski definition) is 3. The quantitative estimate of drug-likeness (QED) is 0.888. The Bertz CT molecular complexity index is 776. The summed E-state index contributed by atoms with van der Waals surface area (Å²) in [5.74, 6) is 0.503. The first-order valence-electron chi connectivity index (χ1n) is 8.49. The number of nitrogens with one attached hydrogen (secondary N) is 1. The van der Waals surface area contributed by atoms with Crippen LogP contribution in [0.3, 0.4) is 0 Å². The molecule has 0 aliphatic heterocycles. The molecule has 1 amide bonds. The van der Waals surface area contributed by atoms with Gasteiger partial charge >= 0.3 is 0 Å². The molecule has 0 aromatic carbocycles. The molecule has 5 heteroatoms. The molecule has 5 nitrogen and oxygen atoms in total. The number of carbonyl (C=O) groups excluding carboxylic acids is 1. The Kier molecular flexibility index (Phi) is 4.79. The number of pyridine rings is 2. The highest BCUT2D eigenvalue weighted by atomic mass is 16.2.